The Morgan fingerprint density at radius 1 is 0.381 bits per heavy atom. The molecule has 0 fully saturated rings. The molecule has 0 radical (unpaired) electrons. The van der Waals surface area contributed by atoms with Crippen molar-refractivity contribution in [2.75, 3.05) is 0 Å². The lowest BCUT2D eigenvalue weighted by Gasteiger charge is -2.34. The van der Waals surface area contributed by atoms with E-state index in [1.165, 1.54) is 33.4 Å². The van der Waals surface area contributed by atoms with E-state index in [0.717, 1.165) is 74.8 Å². The van der Waals surface area contributed by atoms with Gasteiger partial charge in [0.15, 0.2) is 28.8 Å². The van der Waals surface area contributed by atoms with Crippen LogP contribution < -0.4 is 9.47 Å². The van der Waals surface area contributed by atoms with Gasteiger partial charge in [0.2, 0.25) is 0 Å². The van der Waals surface area contributed by atoms with E-state index in [9.17, 15) is 0 Å². The zero-order valence-electron chi connectivity index (χ0n) is 34.4. The van der Waals surface area contributed by atoms with Crippen LogP contribution in [0, 0.1) is 0 Å². The highest BCUT2D eigenvalue weighted by atomic mass is 16.6. The van der Waals surface area contributed by atoms with Gasteiger partial charge in [0.1, 0.15) is 0 Å². The Morgan fingerprint density at radius 3 is 1.59 bits per heavy atom. The lowest BCUT2D eigenvalue weighted by molar-refractivity contribution is 0.361. The number of hydrogen-bond donors (Lipinski definition) is 0. The van der Waals surface area contributed by atoms with Gasteiger partial charge in [-0.15, -0.1) is 0 Å². The normalized spacial score (nSPS) is 14.2. The minimum absolute atomic E-state index is 0.531. The SMILES string of the molecule is C1=C(c2ccccc2)C(c2nc(-c3ccccc3)cc(-c3ccc(-c4cccc5c4Oc4ccc6c(c4O5)-c4ccccc4C6(c4ccccc4)c4ccccc4)cc3)n2)=CCC1. The molecule has 12 rings (SSSR count). The number of aromatic nitrogens is 2. The second-order valence-electron chi connectivity index (χ2n) is 16.3. The first-order valence-electron chi connectivity index (χ1n) is 21.6. The van der Waals surface area contributed by atoms with E-state index < -0.39 is 5.41 Å². The third-order valence-corrected chi connectivity index (χ3v) is 12.7. The molecule has 0 saturated heterocycles. The molecule has 9 aromatic rings. The molecule has 0 amide bonds. The van der Waals surface area contributed by atoms with Crippen LogP contribution in [0.5, 0.6) is 23.0 Å². The maximum Gasteiger partial charge on any atom is 0.178 e. The molecule has 2 aliphatic carbocycles. The Kier molecular flexibility index (Phi) is 8.82. The quantitative estimate of drug-likeness (QED) is 0.161. The van der Waals surface area contributed by atoms with Gasteiger partial charge < -0.3 is 9.47 Å². The van der Waals surface area contributed by atoms with Crippen LogP contribution in [-0.4, -0.2) is 9.97 Å². The van der Waals surface area contributed by atoms with Crippen LogP contribution in [0.15, 0.2) is 218 Å². The molecule has 0 spiro atoms. The molecular formula is C59H40N2O2. The number of ether oxygens (including phenoxy) is 2. The number of benzene rings is 8. The van der Waals surface area contributed by atoms with Crippen LogP contribution in [0.25, 0.3) is 55.9 Å². The highest BCUT2D eigenvalue weighted by Gasteiger charge is 2.48. The maximum absolute atomic E-state index is 7.01. The average Bonchev–Trinajstić information content (AvgIpc) is 3.68. The molecule has 0 atom stereocenters. The van der Waals surface area contributed by atoms with Gasteiger partial charge in [-0.1, -0.05) is 200 Å². The molecule has 1 aromatic heterocycles. The van der Waals surface area contributed by atoms with Gasteiger partial charge in [-0.2, -0.15) is 0 Å². The summed E-state index contributed by atoms with van der Waals surface area (Å²) in [6, 6.07) is 72.4. The molecule has 298 valence electrons. The van der Waals surface area contributed by atoms with Crippen LogP contribution in [-0.2, 0) is 5.41 Å². The topological polar surface area (TPSA) is 44.2 Å². The Labute approximate surface area is 367 Å². The van der Waals surface area contributed by atoms with Crippen molar-refractivity contribution in [2.24, 2.45) is 0 Å². The standard InChI is InChI=1S/C59H40N2O2/c1-5-18-39(19-6-1)45-26-13-14-27-47(45)58-60-51(41-20-7-2-8-21-41)38-52(61-58)42-34-32-40(33-35-42)46-29-17-31-53-56(46)62-54-37-36-50-55(57(54)63-53)48-28-15-16-30-49(48)59(50,43-22-9-3-10-23-43)44-24-11-4-12-25-44/h1-12,15-38H,13-14H2. The molecule has 0 saturated carbocycles. The van der Waals surface area contributed by atoms with Crippen molar-refractivity contribution >= 4 is 11.1 Å². The predicted molar refractivity (Wildman–Crippen MR) is 254 cm³/mol. The third-order valence-electron chi connectivity index (χ3n) is 12.7. The lowest BCUT2D eigenvalue weighted by atomic mass is 9.68. The van der Waals surface area contributed by atoms with Crippen molar-refractivity contribution in [2.45, 2.75) is 18.3 Å². The van der Waals surface area contributed by atoms with E-state index in [2.05, 4.69) is 200 Å². The van der Waals surface area contributed by atoms with E-state index in [0.29, 0.717) is 17.2 Å². The van der Waals surface area contributed by atoms with E-state index in [1.54, 1.807) is 0 Å². The molecule has 1 aliphatic heterocycles. The first-order chi connectivity index (χ1) is 31.2. The summed E-state index contributed by atoms with van der Waals surface area (Å²) < 4.78 is 13.9. The molecule has 8 aromatic carbocycles. The Hall–Kier alpha value is -8.08. The molecule has 0 N–H and O–H groups in total. The fourth-order valence-electron chi connectivity index (χ4n) is 9.88. The van der Waals surface area contributed by atoms with Gasteiger partial charge in [0, 0.05) is 27.8 Å². The molecule has 0 unspecified atom stereocenters. The molecule has 3 aliphatic rings. The van der Waals surface area contributed by atoms with Crippen molar-refractivity contribution in [3.05, 3.63) is 252 Å². The first-order valence-corrected chi connectivity index (χ1v) is 21.6. The zero-order chi connectivity index (χ0) is 41.7. The highest BCUT2D eigenvalue weighted by molar-refractivity contribution is 6.04. The summed E-state index contributed by atoms with van der Waals surface area (Å²) in [5, 5.41) is 0. The van der Waals surface area contributed by atoms with E-state index in [4.69, 9.17) is 19.4 Å². The lowest BCUT2D eigenvalue weighted by Crippen LogP contribution is -2.28. The maximum atomic E-state index is 7.01. The fourth-order valence-corrected chi connectivity index (χ4v) is 9.88. The van der Waals surface area contributed by atoms with E-state index in [1.807, 2.05) is 18.2 Å². The molecule has 4 nitrogen and oxygen atoms in total. The molecular weight excluding hydrogens is 769 g/mol. The van der Waals surface area contributed by atoms with Gasteiger partial charge in [0.05, 0.1) is 16.8 Å². The van der Waals surface area contributed by atoms with Gasteiger partial charge in [-0.25, -0.2) is 9.97 Å². The summed E-state index contributed by atoms with van der Waals surface area (Å²) in [6.07, 6.45) is 6.54. The second-order valence-corrected chi connectivity index (χ2v) is 16.3. The zero-order valence-corrected chi connectivity index (χ0v) is 34.4. The monoisotopic (exact) mass is 808 g/mol. The van der Waals surface area contributed by atoms with Gasteiger partial charge >= 0.3 is 0 Å². The summed E-state index contributed by atoms with van der Waals surface area (Å²) >= 11 is 0. The predicted octanol–water partition coefficient (Wildman–Crippen LogP) is 15.0. The first kappa shape index (κ1) is 36.7. The Morgan fingerprint density at radius 2 is 0.905 bits per heavy atom. The summed E-state index contributed by atoms with van der Waals surface area (Å²) in [7, 11) is 0. The van der Waals surface area contributed by atoms with Gasteiger partial charge in [0.25, 0.3) is 0 Å². The van der Waals surface area contributed by atoms with Crippen molar-refractivity contribution in [3.8, 4) is 67.8 Å². The molecule has 63 heavy (non-hydrogen) atoms. The number of hydrogen-bond acceptors (Lipinski definition) is 4. The number of allylic oxidation sites excluding steroid dienone is 4. The largest absolute Gasteiger partial charge is 0.449 e. The number of rotatable bonds is 7. The van der Waals surface area contributed by atoms with E-state index in [-0.39, 0.29) is 0 Å². The van der Waals surface area contributed by atoms with Crippen molar-refractivity contribution < 1.29 is 9.47 Å². The average molecular weight is 809 g/mol. The van der Waals surface area contributed by atoms with Crippen LogP contribution >= 0.6 is 0 Å². The van der Waals surface area contributed by atoms with Gasteiger partial charge in [-0.05, 0) is 75.6 Å². The minimum atomic E-state index is -0.531. The van der Waals surface area contributed by atoms with Crippen molar-refractivity contribution in [1.82, 2.24) is 9.97 Å². The summed E-state index contributed by atoms with van der Waals surface area (Å²) in [5.41, 5.74) is 15.7. The molecule has 4 heteroatoms. The number of nitrogens with zero attached hydrogens (tertiary/aromatic N) is 2. The van der Waals surface area contributed by atoms with Crippen LogP contribution in [0.4, 0.5) is 0 Å². The Balaban J connectivity index is 0.924. The van der Waals surface area contributed by atoms with Crippen LogP contribution in [0.2, 0.25) is 0 Å². The number of para-hydroxylation sites is 1. The molecule has 2 heterocycles. The minimum Gasteiger partial charge on any atom is -0.449 e. The summed E-state index contributed by atoms with van der Waals surface area (Å²) in [5.74, 6) is 3.54. The van der Waals surface area contributed by atoms with Crippen LogP contribution in [0.3, 0.4) is 0 Å². The Bertz CT molecular complexity index is 3210. The van der Waals surface area contributed by atoms with E-state index >= 15 is 0 Å². The van der Waals surface area contributed by atoms with Crippen molar-refractivity contribution in [3.63, 3.8) is 0 Å². The third kappa shape index (κ3) is 6.06. The number of fused-ring (bicyclic) bond motifs is 6. The smallest absolute Gasteiger partial charge is 0.178 e. The highest BCUT2D eigenvalue weighted by Crippen LogP contribution is 2.62. The summed E-state index contributed by atoms with van der Waals surface area (Å²) in [6.45, 7) is 0. The van der Waals surface area contributed by atoms with Crippen LogP contribution in [0.1, 0.15) is 46.5 Å². The van der Waals surface area contributed by atoms with Gasteiger partial charge in [-0.3, -0.25) is 0 Å². The second kappa shape index (κ2) is 15.1. The fraction of sp³-hybridized carbons (Fsp3) is 0.0508. The summed E-state index contributed by atoms with van der Waals surface area (Å²) in [4.78, 5) is 10.4. The molecule has 0 bridgehead atoms. The van der Waals surface area contributed by atoms with Crippen molar-refractivity contribution in [1.29, 1.82) is 0 Å².